The lowest BCUT2D eigenvalue weighted by molar-refractivity contribution is 0.280. The molecule has 1 fully saturated rings. The van der Waals surface area contributed by atoms with E-state index in [1.54, 1.807) is 0 Å². The van der Waals surface area contributed by atoms with Crippen molar-refractivity contribution in [2.45, 2.75) is 64.3 Å². The predicted octanol–water partition coefficient (Wildman–Crippen LogP) is 2.39. The minimum atomic E-state index is 0.351. The molecule has 1 atom stereocenters. The Morgan fingerprint density at radius 3 is 2.72 bits per heavy atom. The Morgan fingerprint density at radius 2 is 1.94 bits per heavy atom. The van der Waals surface area contributed by atoms with Crippen LogP contribution in [0.2, 0.25) is 0 Å². The van der Waals surface area contributed by atoms with E-state index in [9.17, 15) is 0 Å². The Morgan fingerprint density at radius 1 is 1.11 bits per heavy atom. The minimum Gasteiger partial charge on any atom is -0.396 e. The number of hydrogen-bond donors (Lipinski definition) is 2. The maximum absolute atomic E-state index is 8.71. The largest absolute Gasteiger partial charge is 0.396 e. The molecule has 1 heterocycles. The molecule has 18 heavy (non-hydrogen) atoms. The van der Waals surface area contributed by atoms with Crippen LogP contribution >= 0.6 is 0 Å². The number of nitrogens with zero attached hydrogens (tertiary/aromatic N) is 1. The highest BCUT2D eigenvalue weighted by atomic mass is 16.2. The molecular formula is C15H32N2O. The van der Waals surface area contributed by atoms with E-state index in [1.807, 2.05) is 0 Å². The molecule has 1 aliphatic rings. The molecule has 108 valence electrons. The topological polar surface area (TPSA) is 35.5 Å². The smallest absolute Gasteiger partial charge is 0.0431 e. The molecule has 0 spiro atoms. The maximum atomic E-state index is 8.71. The van der Waals surface area contributed by atoms with Crippen LogP contribution in [0.25, 0.3) is 0 Å². The van der Waals surface area contributed by atoms with Crippen LogP contribution in [0.4, 0.5) is 0 Å². The van der Waals surface area contributed by atoms with Gasteiger partial charge in [-0.15, -0.1) is 0 Å². The van der Waals surface area contributed by atoms with Crippen LogP contribution in [-0.2, 0) is 0 Å². The number of likely N-dealkylation sites (tertiary alicyclic amines) is 1. The minimum absolute atomic E-state index is 0.351. The van der Waals surface area contributed by atoms with Gasteiger partial charge in [0.1, 0.15) is 0 Å². The molecule has 0 radical (unpaired) electrons. The van der Waals surface area contributed by atoms with Gasteiger partial charge in [-0.3, -0.25) is 0 Å². The highest BCUT2D eigenvalue weighted by molar-refractivity contribution is 4.74. The molecule has 1 unspecified atom stereocenters. The van der Waals surface area contributed by atoms with Gasteiger partial charge in [-0.25, -0.2) is 0 Å². The summed E-state index contributed by atoms with van der Waals surface area (Å²) in [5, 5.41) is 12.4. The summed E-state index contributed by atoms with van der Waals surface area (Å²) in [6.07, 6.45) is 9.94. The van der Waals surface area contributed by atoms with Crippen molar-refractivity contribution in [1.29, 1.82) is 0 Å². The zero-order valence-corrected chi connectivity index (χ0v) is 12.2. The van der Waals surface area contributed by atoms with Crippen LogP contribution in [0.5, 0.6) is 0 Å². The van der Waals surface area contributed by atoms with Crippen molar-refractivity contribution in [1.82, 2.24) is 10.2 Å². The number of nitrogens with one attached hydrogen (secondary N) is 1. The number of aliphatic hydroxyl groups is 1. The van der Waals surface area contributed by atoms with Gasteiger partial charge in [0.05, 0.1) is 0 Å². The highest BCUT2D eigenvalue weighted by Crippen LogP contribution is 2.11. The summed E-state index contributed by atoms with van der Waals surface area (Å²) in [7, 11) is 0. The second kappa shape index (κ2) is 10.8. The van der Waals surface area contributed by atoms with E-state index in [2.05, 4.69) is 17.1 Å². The maximum Gasteiger partial charge on any atom is 0.0431 e. The van der Waals surface area contributed by atoms with Gasteiger partial charge < -0.3 is 15.3 Å². The first-order chi connectivity index (χ1) is 8.86. The summed E-state index contributed by atoms with van der Waals surface area (Å²) in [6, 6.07) is 0.740. The van der Waals surface area contributed by atoms with E-state index in [-0.39, 0.29) is 0 Å². The van der Waals surface area contributed by atoms with Crippen molar-refractivity contribution in [2.75, 3.05) is 32.8 Å². The van der Waals surface area contributed by atoms with Gasteiger partial charge in [0.25, 0.3) is 0 Å². The molecule has 1 aliphatic heterocycles. The first-order valence-electron chi connectivity index (χ1n) is 7.93. The lowest BCUT2D eigenvalue weighted by Gasteiger charge is -2.19. The summed E-state index contributed by atoms with van der Waals surface area (Å²) in [5.74, 6) is 0. The van der Waals surface area contributed by atoms with Crippen molar-refractivity contribution in [3.8, 4) is 0 Å². The van der Waals surface area contributed by atoms with Crippen molar-refractivity contribution < 1.29 is 5.11 Å². The van der Waals surface area contributed by atoms with Gasteiger partial charge >= 0.3 is 0 Å². The molecule has 0 aromatic carbocycles. The van der Waals surface area contributed by atoms with Crippen LogP contribution in [0.3, 0.4) is 0 Å². The molecule has 0 amide bonds. The standard InChI is InChI=1S/C15H32N2O/c1-2-11-17-12-7-8-15(9-13-17)16-10-5-3-4-6-14-18/h15-16,18H,2-14H2,1H3. The molecule has 0 aliphatic carbocycles. The van der Waals surface area contributed by atoms with E-state index >= 15 is 0 Å². The number of unbranched alkanes of at least 4 members (excludes halogenated alkanes) is 3. The Labute approximate surface area is 113 Å². The third-order valence-electron chi connectivity index (χ3n) is 3.88. The Balaban J connectivity index is 2.01. The van der Waals surface area contributed by atoms with Crippen LogP contribution in [0, 0.1) is 0 Å². The van der Waals surface area contributed by atoms with E-state index in [0.29, 0.717) is 6.61 Å². The second-order valence-corrected chi connectivity index (χ2v) is 5.56. The first kappa shape index (κ1) is 15.9. The van der Waals surface area contributed by atoms with Crippen molar-refractivity contribution >= 4 is 0 Å². The van der Waals surface area contributed by atoms with Crippen molar-refractivity contribution in [3.63, 3.8) is 0 Å². The molecule has 2 N–H and O–H groups in total. The molecule has 0 saturated carbocycles. The average molecular weight is 256 g/mol. The zero-order valence-electron chi connectivity index (χ0n) is 12.2. The summed E-state index contributed by atoms with van der Waals surface area (Å²) in [6.45, 7) is 7.62. The van der Waals surface area contributed by atoms with Gasteiger partial charge in [0.15, 0.2) is 0 Å². The Hall–Kier alpha value is -0.120. The van der Waals surface area contributed by atoms with Gasteiger partial charge in [-0.05, 0) is 64.7 Å². The quantitative estimate of drug-likeness (QED) is 0.622. The normalized spacial score (nSPS) is 22.0. The molecule has 1 saturated heterocycles. The highest BCUT2D eigenvalue weighted by Gasteiger charge is 2.15. The van der Waals surface area contributed by atoms with Crippen LogP contribution in [-0.4, -0.2) is 48.8 Å². The summed E-state index contributed by atoms with van der Waals surface area (Å²) < 4.78 is 0. The fraction of sp³-hybridized carbons (Fsp3) is 1.00. The average Bonchev–Trinajstić information content (AvgIpc) is 2.60. The number of hydrogen-bond acceptors (Lipinski definition) is 3. The number of rotatable bonds is 9. The summed E-state index contributed by atoms with van der Waals surface area (Å²) >= 11 is 0. The van der Waals surface area contributed by atoms with Crippen molar-refractivity contribution in [3.05, 3.63) is 0 Å². The summed E-state index contributed by atoms with van der Waals surface area (Å²) in [4.78, 5) is 2.61. The molecule has 1 rings (SSSR count). The lowest BCUT2D eigenvalue weighted by Crippen LogP contribution is -2.31. The first-order valence-corrected chi connectivity index (χ1v) is 7.93. The zero-order chi connectivity index (χ0) is 13.1. The monoisotopic (exact) mass is 256 g/mol. The van der Waals surface area contributed by atoms with Crippen molar-refractivity contribution in [2.24, 2.45) is 0 Å². The van der Waals surface area contributed by atoms with E-state index in [4.69, 9.17) is 5.11 Å². The third kappa shape index (κ3) is 7.34. The molecule has 3 nitrogen and oxygen atoms in total. The summed E-state index contributed by atoms with van der Waals surface area (Å²) in [5.41, 5.74) is 0. The Kier molecular flexibility index (Phi) is 9.54. The fourth-order valence-corrected chi connectivity index (χ4v) is 2.80. The lowest BCUT2D eigenvalue weighted by atomic mass is 10.1. The third-order valence-corrected chi connectivity index (χ3v) is 3.88. The van der Waals surface area contributed by atoms with Crippen LogP contribution < -0.4 is 5.32 Å². The fourth-order valence-electron chi connectivity index (χ4n) is 2.80. The molecule has 3 heteroatoms. The van der Waals surface area contributed by atoms with Gasteiger partial charge in [0.2, 0.25) is 0 Å². The van der Waals surface area contributed by atoms with Gasteiger partial charge in [-0.2, -0.15) is 0 Å². The molecule has 0 aromatic heterocycles. The van der Waals surface area contributed by atoms with Crippen LogP contribution in [0.15, 0.2) is 0 Å². The second-order valence-electron chi connectivity index (χ2n) is 5.56. The van der Waals surface area contributed by atoms with E-state index < -0.39 is 0 Å². The van der Waals surface area contributed by atoms with E-state index in [1.165, 1.54) is 64.6 Å². The SMILES string of the molecule is CCCN1CCCC(NCCCCCCO)CC1. The van der Waals surface area contributed by atoms with E-state index in [0.717, 1.165) is 19.0 Å². The Bertz CT molecular complexity index is 187. The molecular weight excluding hydrogens is 224 g/mol. The predicted molar refractivity (Wildman–Crippen MR) is 77.9 cm³/mol. The van der Waals surface area contributed by atoms with Gasteiger partial charge in [-0.1, -0.05) is 19.8 Å². The number of aliphatic hydroxyl groups excluding tert-OH is 1. The van der Waals surface area contributed by atoms with Gasteiger partial charge in [0, 0.05) is 12.6 Å². The molecule has 0 aromatic rings. The molecule has 0 bridgehead atoms. The van der Waals surface area contributed by atoms with Crippen LogP contribution in [0.1, 0.15) is 58.3 Å².